The van der Waals surface area contributed by atoms with Crippen molar-refractivity contribution in [1.82, 2.24) is 5.32 Å². The standard InChI is InChI=1S/C14H23NO2/c1-10-8-13(12(3)15-4)6-7-14(10)17-11(2)9-16-5/h6-8,11-12,15H,9H2,1-5H3. The van der Waals surface area contributed by atoms with Gasteiger partial charge in [0.1, 0.15) is 11.9 Å². The molecule has 0 saturated heterocycles. The molecule has 0 saturated carbocycles. The van der Waals surface area contributed by atoms with Crippen LogP contribution in [0.1, 0.15) is 31.0 Å². The Morgan fingerprint density at radius 1 is 1.29 bits per heavy atom. The van der Waals surface area contributed by atoms with E-state index in [9.17, 15) is 0 Å². The van der Waals surface area contributed by atoms with Crippen LogP contribution in [0.3, 0.4) is 0 Å². The second-order valence-electron chi connectivity index (χ2n) is 4.42. The zero-order valence-electron chi connectivity index (χ0n) is 11.4. The highest BCUT2D eigenvalue weighted by Crippen LogP contribution is 2.23. The Morgan fingerprint density at radius 3 is 2.53 bits per heavy atom. The van der Waals surface area contributed by atoms with Gasteiger partial charge in [0.2, 0.25) is 0 Å². The minimum atomic E-state index is 0.0753. The molecule has 1 N–H and O–H groups in total. The van der Waals surface area contributed by atoms with Crippen LogP contribution in [0, 0.1) is 6.92 Å². The molecule has 0 fully saturated rings. The first kappa shape index (κ1) is 14.0. The fourth-order valence-corrected chi connectivity index (χ4v) is 1.73. The van der Waals surface area contributed by atoms with Crippen LogP contribution >= 0.6 is 0 Å². The summed E-state index contributed by atoms with van der Waals surface area (Å²) in [6.07, 6.45) is 0.0753. The summed E-state index contributed by atoms with van der Waals surface area (Å²) in [4.78, 5) is 0. The SMILES string of the molecule is CNC(C)c1ccc(OC(C)COC)c(C)c1. The van der Waals surface area contributed by atoms with E-state index < -0.39 is 0 Å². The van der Waals surface area contributed by atoms with Crippen molar-refractivity contribution in [3.8, 4) is 5.75 Å². The highest BCUT2D eigenvalue weighted by atomic mass is 16.5. The number of nitrogens with one attached hydrogen (secondary N) is 1. The predicted octanol–water partition coefficient (Wildman–Crippen LogP) is 2.69. The van der Waals surface area contributed by atoms with Gasteiger partial charge in [-0.2, -0.15) is 0 Å². The number of hydrogen-bond acceptors (Lipinski definition) is 3. The first-order chi connectivity index (χ1) is 8.08. The lowest BCUT2D eigenvalue weighted by atomic mass is 10.1. The number of benzene rings is 1. The summed E-state index contributed by atoms with van der Waals surface area (Å²) >= 11 is 0. The third-order valence-corrected chi connectivity index (χ3v) is 2.86. The van der Waals surface area contributed by atoms with E-state index in [4.69, 9.17) is 9.47 Å². The van der Waals surface area contributed by atoms with Gasteiger partial charge in [0.15, 0.2) is 0 Å². The minimum Gasteiger partial charge on any atom is -0.488 e. The highest BCUT2D eigenvalue weighted by molar-refractivity contribution is 5.37. The summed E-state index contributed by atoms with van der Waals surface area (Å²) < 4.78 is 10.9. The molecule has 0 radical (unpaired) electrons. The smallest absolute Gasteiger partial charge is 0.122 e. The summed E-state index contributed by atoms with van der Waals surface area (Å²) in [7, 11) is 3.65. The van der Waals surface area contributed by atoms with E-state index in [-0.39, 0.29) is 6.10 Å². The van der Waals surface area contributed by atoms with Gasteiger partial charge in [-0.05, 0) is 45.0 Å². The van der Waals surface area contributed by atoms with Gasteiger partial charge < -0.3 is 14.8 Å². The molecule has 0 heterocycles. The van der Waals surface area contributed by atoms with Crippen LogP contribution in [-0.2, 0) is 4.74 Å². The second-order valence-corrected chi connectivity index (χ2v) is 4.42. The topological polar surface area (TPSA) is 30.5 Å². The molecule has 0 aliphatic carbocycles. The summed E-state index contributed by atoms with van der Waals surface area (Å²) in [5.41, 5.74) is 2.43. The van der Waals surface area contributed by atoms with Crippen molar-refractivity contribution in [2.75, 3.05) is 20.8 Å². The Morgan fingerprint density at radius 2 is 2.00 bits per heavy atom. The predicted molar refractivity (Wildman–Crippen MR) is 70.6 cm³/mol. The van der Waals surface area contributed by atoms with E-state index in [1.54, 1.807) is 7.11 Å². The van der Waals surface area contributed by atoms with Crippen molar-refractivity contribution in [2.24, 2.45) is 0 Å². The van der Waals surface area contributed by atoms with Gasteiger partial charge in [-0.15, -0.1) is 0 Å². The molecular weight excluding hydrogens is 214 g/mol. The third-order valence-electron chi connectivity index (χ3n) is 2.86. The van der Waals surface area contributed by atoms with Crippen molar-refractivity contribution in [3.63, 3.8) is 0 Å². The fraction of sp³-hybridized carbons (Fsp3) is 0.571. The molecule has 0 bridgehead atoms. The molecule has 96 valence electrons. The maximum Gasteiger partial charge on any atom is 0.122 e. The summed E-state index contributed by atoms with van der Waals surface area (Å²) in [5, 5.41) is 3.23. The van der Waals surface area contributed by atoms with Gasteiger partial charge in [0.05, 0.1) is 6.61 Å². The van der Waals surface area contributed by atoms with Gasteiger partial charge in [-0.25, -0.2) is 0 Å². The number of rotatable bonds is 6. The average Bonchev–Trinajstić information content (AvgIpc) is 2.31. The van der Waals surface area contributed by atoms with E-state index >= 15 is 0 Å². The molecule has 0 aliphatic heterocycles. The first-order valence-corrected chi connectivity index (χ1v) is 6.02. The van der Waals surface area contributed by atoms with Crippen molar-refractivity contribution in [1.29, 1.82) is 0 Å². The molecule has 0 amide bonds. The molecule has 0 aliphatic rings. The number of methoxy groups -OCH3 is 1. The van der Waals surface area contributed by atoms with Crippen molar-refractivity contribution >= 4 is 0 Å². The monoisotopic (exact) mass is 237 g/mol. The maximum atomic E-state index is 5.81. The molecule has 0 aromatic heterocycles. The van der Waals surface area contributed by atoms with Gasteiger partial charge in [-0.1, -0.05) is 12.1 Å². The van der Waals surface area contributed by atoms with Crippen molar-refractivity contribution < 1.29 is 9.47 Å². The lowest BCUT2D eigenvalue weighted by Gasteiger charge is -2.17. The van der Waals surface area contributed by atoms with Gasteiger partial charge >= 0.3 is 0 Å². The third kappa shape index (κ3) is 4.02. The lowest BCUT2D eigenvalue weighted by molar-refractivity contribution is 0.0916. The van der Waals surface area contributed by atoms with Crippen molar-refractivity contribution in [2.45, 2.75) is 32.9 Å². The first-order valence-electron chi connectivity index (χ1n) is 6.02. The number of hydrogen-bond donors (Lipinski definition) is 1. The van der Waals surface area contributed by atoms with E-state index in [1.165, 1.54) is 5.56 Å². The van der Waals surface area contributed by atoms with Crippen LogP contribution in [0.2, 0.25) is 0 Å². The largest absolute Gasteiger partial charge is 0.488 e. The van der Waals surface area contributed by atoms with Crippen LogP contribution in [0.25, 0.3) is 0 Å². The highest BCUT2D eigenvalue weighted by Gasteiger charge is 2.08. The molecule has 1 aromatic rings. The van der Waals surface area contributed by atoms with E-state index in [2.05, 4.69) is 31.3 Å². The van der Waals surface area contributed by atoms with E-state index in [0.717, 1.165) is 11.3 Å². The van der Waals surface area contributed by atoms with Crippen LogP contribution in [0.4, 0.5) is 0 Å². The zero-order valence-corrected chi connectivity index (χ0v) is 11.4. The normalized spacial score (nSPS) is 14.4. The Bertz CT molecular complexity index is 352. The Kier molecular flexibility index (Phi) is 5.45. The van der Waals surface area contributed by atoms with Crippen LogP contribution in [-0.4, -0.2) is 26.9 Å². The van der Waals surface area contributed by atoms with E-state index in [1.807, 2.05) is 20.0 Å². The molecule has 3 nitrogen and oxygen atoms in total. The molecular formula is C14H23NO2. The fourth-order valence-electron chi connectivity index (χ4n) is 1.73. The van der Waals surface area contributed by atoms with Crippen LogP contribution in [0.15, 0.2) is 18.2 Å². The molecule has 2 unspecified atom stereocenters. The number of aryl methyl sites for hydroxylation is 1. The quantitative estimate of drug-likeness (QED) is 0.825. The molecule has 17 heavy (non-hydrogen) atoms. The summed E-state index contributed by atoms with van der Waals surface area (Å²) in [6.45, 7) is 6.82. The Balaban J connectivity index is 2.76. The zero-order chi connectivity index (χ0) is 12.8. The lowest BCUT2D eigenvalue weighted by Crippen LogP contribution is -2.18. The Hall–Kier alpha value is -1.06. The van der Waals surface area contributed by atoms with Gasteiger partial charge in [0.25, 0.3) is 0 Å². The molecule has 3 heteroatoms. The molecule has 1 aromatic carbocycles. The Labute approximate surface area is 104 Å². The average molecular weight is 237 g/mol. The summed E-state index contributed by atoms with van der Waals surface area (Å²) in [5.74, 6) is 0.932. The van der Waals surface area contributed by atoms with Crippen molar-refractivity contribution in [3.05, 3.63) is 29.3 Å². The maximum absolute atomic E-state index is 5.81. The number of ether oxygens (including phenoxy) is 2. The molecule has 1 rings (SSSR count). The second kappa shape index (κ2) is 6.62. The van der Waals surface area contributed by atoms with Crippen LogP contribution in [0.5, 0.6) is 5.75 Å². The molecule has 0 spiro atoms. The van der Waals surface area contributed by atoms with Gasteiger partial charge in [0, 0.05) is 13.2 Å². The minimum absolute atomic E-state index is 0.0753. The van der Waals surface area contributed by atoms with Gasteiger partial charge in [-0.3, -0.25) is 0 Å². The van der Waals surface area contributed by atoms with Crippen LogP contribution < -0.4 is 10.1 Å². The molecule has 2 atom stereocenters. The summed E-state index contributed by atoms with van der Waals surface area (Å²) in [6, 6.07) is 6.66. The van der Waals surface area contributed by atoms with E-state index in [0.29, 0.717) is 12.6 Å².